The quantitative estimate of drug-likeness (QED) is 0.661. The summed E-state index contributed by atoms with van der Waals surface area (Å²) in [6.07, 6.45) is 0.989. The summed E-state index contributed by atoms with van der Waals surface area (Å²) in [4.78, 5) is 30.2. The number of aromatic nitrogens is 2. The highest BCUT2D eigenvalue weighted by Gasteiger charge is 2.38. The Labute approximate surface area is 174 Å². The minimum absolute atomic E-state index is 0.198. The summed E-state index contributed by atoms with van der Waals surface area (Å²) in [7, 11) is 0. The van der Waals surface area contributed by atoms with Crippen LogP contribution >= 0.6 is 11.3 Å². The topological polar surface area (TPSA) is 75.4 Å². The number of carbonyl (C=O) groups is 2. The Bertz CT molecular complexity index is 1050. The summed E-state index contributed by atoms with van der Waals surface area (Å²) in [6, 6.07) is 8.47. The lowest BCUT2D eigenvalue weighted by atomic mass is 10.2. The number of nitrogens with zero attached hydrogens (tertiary/aromatic N) is 3. The minimum atomic E-state index is -5.08. The second-order valence-corrected chi connectivity index (χ2v) is 7.90. The molecule has 1 aliphatic rings. The van der Waals surface area contributed by atoms with E-state index in [-0.39, 0.29) is 5.91 Å². The van der Waals surface area contributed by atoms with Crippen molar-refractivity contribution in [2.75, 3.05) is 13.1 Å². The minimum Gasteiger partial charge on any atom is -0.475 e. The second kappa shape index (κ2) is 8.86. The highest BCUT2D eigenvalue weighted by Crippen LogP contribution is 2.30. The molecule has 10 heteroatoms. The molecule has 0 unspecified atom stereocenters. The number of carbonyl (C=O) groups excluding carboxylic acids is 1. The zero-order valence-corrected chi connectivity index (χ0v) is 17.0. The molecular formula is C20H20F3N3O3S. The highest BCUT2D eigenvalue weighted by atomic mass is 32.1. The van der Waals surface area contributed by atoms with Crippen LogP contribution in [0.4, 0.5) is 13.2 Å². The molecule has 1 amide bonds. The first kappa shape index (κ1) is 21.8. The summed E-state index contributed by atoms with van der Waals surface area (Å²) in [5, 5.41) is 7.12. The number of alkyl halides is 3. The maximum Gasteiger partial charge on any atom is 0.490 e. The van der Waals surface area contributed by atoms with Crippen molar-refractivity contribution in [1.82, 2.24) is 14.5 Å². The molecule has 0 atom stereocenters. The normalized spacial score (nSPS) is 13.5. The molecule has 0 saturated carbocycles. The molecule has 1 fully saturated rings. The van der Waals surface area contributed by atoms with E-state index in [0.717, 1.165) is 42.5 Å². The van der Waals surface area contributed by atoms with Crippen molar-refractivity contribution < 1.29 is 27.9 Å². The third-order valence-corrected chi connectivity index (χ3v) is 5.95. The van der Waals surface area contributed by atoms with Gasteiger partial charge in [-0.2, -0.15) is 13.2 Å². The number of aliphatic carboxylic acids is 1. The van der Waals surface area contributed by atoms with E-state index in [1.807, 2.05) is 39.3 Å². The van der Waals surface area contributed by atoms with Crippen LogP contribution in [0.15, 0.2) is 36.7 Å². The number of aryl methyl sites for hydroxylation is 1. The van der Waals surface area contributed by atoms with Crippen molar-refractivity contribution in [3.63, 3.8) is 0 Å². The highest BCUT2D eigenvalue weighted by molar-refractivity contribution is 7.15. The fourth-order valence-corrected chi connectivity index (χ4v) is 3.80. The van der Waals surface area contributed by atoms with Crippen LogP contribution in [0.25, 0.3) is 21.5 Å². The van der Waals surface area contributed by atoms with Crippen LogP contribution in [0.2, 0.25) is 0 Å². The van der Waals surface area contributed by atoms with Gasteiger partial charge in [0, 0.05) is 40.8 Å². The summed E-state index contributed by atoms with van der Waals surface area (Å²) in [5.41, 5.74) is 3.10. The Morgan fingerprint density at radius 2 is 1.93 bits per heavy atom. The van der Waals surface area contributed by atoms with Crippen LogP contribution in [-0.4, -0.2) is 50.7 Å². The predicted octanol–water partition coefficient (Wildman–Crippen LogP) is 4.19. The summed E-state index contributed by atoms with van der Waals surface area (Å²) < 4.78 is 33.8. The first-order chi connectivity index (χ1) is 14.2. The van der Waals surface area contributed by atoms with E-state index in [1.54, 1.807) is 0 Å². The molecule has 3 aromatic heterocycles. The third-order valence-electron chi connectivity index (χ3n) is 4.67. The molecule has 0 spiro atoms. The Hall–Kier alpha value is -2.88. The van der Waals surface area contributed by atoms with Gasteiger partial charge in [0.15, 0.2) is 0 Å². The van der Waals surface area contributed by atoms with Gasteiger partial charge in [0.05, 0.1) is 11.0 Å². The smallest absolute Gasteiger partial charge is 0.475 e. The van der Waals surface area contributed by atoms with E-state index in [2.05, 4.69) is 30.1 Å². The van der Waals surface area contributed by atoms with Crippen LogP contribution in [0.3, 0.4) is 0 Å². The Balaban J connectivity index is 0.000000318. The van der Waals surface area contributed by atoms with Gasteiger partial charge in [-0.15, -0.1) is 11.3 Å². The van der Waals surface area contributed by atoms with Crippen LogP contribution in [0.5, 0.6) is 0 Å². The van der Waals surface area contributed by atoms with E-state index < -0.39 is 12.1 Å². The molecule has 1 aliphatic heterocycles. The van der Waals surface area contributed by atoms with Gasteiger partial charge in [0.2, 0.25) is 5.91 Å². The lowest BCUT2D eigenvalue weighted by Crippen LogP contribution is -2.43. The maximum atomic E-state index is 12.2. The Morgan fingerprint density at radius 3 is 2.47 bits per heavy atom. The number of carboxylic acid groups (broad SMARTS) is 1. The van der Waals surface area contributed by atoms with Gasteiger partial charge in [0.25, 0.3) is 0 Å². The van der Waals surface area contributed by atoms with Crippen LogP contribution in [0, 0.1) is 0 Å². The van der Waals surface area contributed by atoms with Crippen LogP contribution in [0.1, 0.15) is 18.2 Å². The number of likely N-dealkylation sites (tertiary alicyclic amines) is 1. The molecule has 30 heavy (non-hydrogen) atoms. The lowest BCUT2D eigenvalue weighted by molar-refractivity contribution is -0.192. The van der Waals surface area contributed by atoms with Crippen molar-refractivity contribution in [3.05, 3.63) is 41.5 Å². The average Bonchev–Trinajstić information content (AvgIpc) is 3.27. The molecule has 0 aromatic carbocycles. The van der Waals surface area contributed by atoms with Crippen molar-refractivity contribution in [1.29, 1.82) is 0 Å². The van der Waals surface area contributed by atoms with E-state index in [1.165, 1.54) is 9.75 Å². The van der Waals surface area contributed by atoms with E-state index in [9.17, 15) is 18.0 Å². The molecule has 4 rings (SSSR count). The Kier molecular flexibility index (Phi) is 6.45. The molecular weight excluding hydrogens is 419 g/mol. The summed E-state index contributed by atoms with van der Waals surface area (Å²) in [5.74, 6) is -2.56. The largest absolute Gasteiger partial charge is 0.490 e. The zero-order valence-electron chi connectivity index (χ0n) is 16.1. The summed E-state index contributed by atoms with van der Waals surface area (Å²) >= 11 is 1.81. The standard InChI is InChI=1S/C18H19N3OS.C2HF3O2/c1-2-14-4-5-17(23-14)13-10-16-15(19-11-13)6-9-21(16)12-18(22)20-7-3-8-20;3-2(4,5)1(6)7/h4-6,9-11H,2-3,7-8,12H2,1H3;(H,6,7). The lowest BCUT2D eigenvalue weighted by Gasteiger charge is -2.31. The number of fused-ring (bicyclic) bond motifs is 1. The van der Waals surface area contributed by atoms with Gasteiger partial charge >= 0.3 is 12.1 Å². The monoisotopic (exact) mass is 439 g/mol. The fourth-order valence-electron chi connectivity index (χ4n) is 2.87. The first-order valence-corrected chi connectivity index (χ1v) is 10.1. The molecule has 3 aromatic rings. The molecule has 4 heterocycles. The number of halogens is 3. The van der Waals surface area contributed by atoms with Crippen molar-refractivity contribution >= 4 is 34.2 Å². The molecule has 1 saturated heterocycles. The molecule has 0 aliphatic carbocycles. The molecule has 0 bridgehead atoms. The molecule has 1 N–H and O–H groups in total. The average molecular weight is 439 g/mol. The van der Waals surface area contributed by atoms with E-state index in [0.29, 0.717) is 6.54 Å². The molecule has 6 nitrogen and oxygen atoms in total. The number of thiophene rings is 1. The van der Waals surface area contributed by atoms with Crippen LogP contribution < -0.4 is 0 Å². The predicted molar refractivity (Wildman–Crippen MR) is 107 cm³/mol. The number of hydrogen-bond acceptors (Lipinski definition) is 4. The van der Waals surface area contributed by atoms with E-state index >= 15 is 0 Å². The number of amides is 1. The SMILES string of the molecule is CCc1ccc(-c2cnc3ccn(CC(=O)N4CCC4)c3c2)s1.O=C(O)C(F)(F)F. The number of carboxylic acids is 1. The molecule has 0 radical (unpaired) electrons. The van der Waals surface area contributed by atoms with Crippen molar-refractivity contribution in [2.24, 2.45) is 0 Å². The van der Waals surface area contributed by atoms with Crippen molar-refractivity contribution in [3.8, 4) is 10.4 Å². The maximum absolute atomic E-state index is 12.2. The summed E-state index contributed by atoms with van der Waals surface area (Å²) in [6.45, 7) is 4.37. The van der Waals surface area contributed by atoms with Gasteiger partial charge < -0.3 is 14.6 Å². The Morgan fingerprint density at radius 1 is 1.23 bits per heavy atom. The number of rotatable bonds is 4. The molecule has 160 valence electrons. The second-order valence-electron chi connectivity index (χ2n) is 6.73. The van der Waals surface area contributed by atoms with Gasteiger partial charge in [-0.3, -0.25) is 9.78 Å². The van der Waals surface area contributed by atoms with Gasteiger partial charge in [-0.05, 0) is 37.1 Å². The number of pyridine rings is 1. The zero-order chi connectivity index (χ0) is 21.9. The van der Waals surface area contributed by atoms with Crippen molar-refractivity contribution in [2.45, 2.75) is 32.5 Å². The number of hydrogen-bond donors (Lipinski definition) is 1. The first-order valence-electron chi connectivity index (χ1n) is 9.31. The fraction of sp³-hybridized carbons (Fsp3) is 0.350. The van der Waals surface area contributed by atoms with Crippen LogP contribution in [-0.2, 0) is 22.6 Å². The van der Waals surface area contributed by atoms with Gasteiger partial charge in [-0.25, -0.2) is 4.79 Å². The van der Waals surface area contributed by atoms with Gasteiger partial charge in [0.1, 0.15) is 6.54 Å². The third kappa shape index (κ3) is 4.99. The van der Waals surface area contributed by atoms with E-state index in [4.69, 9.17) is 9.90 Å². The van der Waals surface area contributed by atoms with Gasteiger partial charge in [-0.1, -0.05) is 6.92 Å².